The van der Waals surface area contributed by atoms with Crippen LogP contribution < -0.4 is 5.32 Å². The standard InChI is InChI=1S/C22H15F2N3O/c23-15-2-5-17(6-3-15)27-22(28)11-14-1-7-20(26-13-14)18-9-10-25-21-8-4-16(24)12-19(18)21/h1-10,12-13H,11H2,(H,27,28). The zero-order valence-electron chi connectivity index (χ0n) is 14.7. The lowest BCUT2D eigenvalue weighted by Gasteiger charge is -2.08. The van der Waals surface area contributed by atoms with E-state index in [9.17, 15) is 13.6 Å². The average molecular weight is 375 g/mol. The van der Waals surface area contributed by atoms with E-state index in [4.69, 9.17) is 0 Å². The summed E-state index contributed by atoms with van der Waals surface area (Å²) in [5, 5.41) is 3.39. The van der Waals surface area contributed by atoms with E-state index in [2.05, 4.69) is 15.3 Å². The molecule has 2 aromatic heterocycles. The highest BCUT2D eigenvalue weighted by Gasteiger charge is 2.09. The molecule has 0 saturated heterocycles. The molecule has 4 nitrogen and oxygen atoms in total. The number of hydrogen-bond acceptors (Lipinski definition) is 3. The zero-order valence-corrected chi connectivity index (χ0v) is 14.7. The predicted molar refractivity (Wildman–Crippen MR) is 104 cm³/mol. The molecule has 0 atom stereocenters. The number of aromatic nitrogens is 2. The summed E-state index contributed by atoms with van der Waals surface area (Å²) >= 11 is 0. The maximum Gasteiger partial charge on any atom is 0.228 e. The minimum absolute atomic E-state index is 0.135. The van der Waals surface area contributed by atoms with Crippen LogP contribution in [0.4, 0.5) is 14.5 Å². The van der Waals surface area contributed by atoms with E-state index in [1.807, 2.05) is 0 Å². The number of nitrogens with zero attached hydrogens (tertiary/aromatic N) is 2. The second-order valence-electron chi connectivity index (χ2n) is 6.30. The van der Waals surface area contributed by atoms with Crippen molar-refractivity contribution >= 4 is 22.5 Å². The monoisotopic (exact) mass is 375 g/mol. The largest absolute Gasteiger partial charge is 0.326 e. The van der Waals surface area contributed by atoms with Gasteiger partial charge < -0.3 is 5.32 Å². The Kier molecular flexibility index (Phi) is 4.76. The normalized spacial score (nSPS) is 10.8. The molecule has 2 aromatic carbocycles. The van der Waals surface area contributed by atoms with Crippen molar-refractivity contribution in [3.63, 3.8) is 0 Å². The van der Waals surface area contributed by atoms with Crippen LogP contribution >= 0.6 is 0 Å². The van der Waals surface area contributed by atoms with Gasteiger partial charge in [0.15, 0.2) is 0 Å². The van der Waals surface area contributed by atoms with Crippen molar-refractivity contribution in [2.24, 2.45) is 0 Å². The molecule has 0 spiro atoms. The molecular weight excluding hydrogens is 360 g/mol. The van der Waals surface area contributed by atoms with Gasteiger partial charge in [-0.2, -0.15) is 0 Å². The maximum absolute atomic E-state index is 13.6. The lowest BCUT2D eigenvalue weighted by atomic mass is 10.0. The summed E-state index contributed by atoms with van der Waals surface area (Å²) in [5.74, 6) is -0.922. The topological polar surface area (TPSA) is 54.9 Å². The first-order valence-corrected chi connectivity index (χ1v) is 8.63. The van der Waals surface area contributed by atoms with Crippen LogP contribution in [-0.4, -0.2) is 15.9 Å². The Morgan fingerprint density at radius 3 is 2.43 bits per heavy atom. The third-order valence-electron chi connectivity index (χ3n) is 4.30. The molecule has 1 amide bonds. The Morgan fingerprint density at radius 1 is 0.893 bits per heavy atom. The molecule has 4 rings (SSSR count). The number of pyridine rings is 2. The number of amides is 1. The van der Waals surface area contributed by atoms with Gasteiger partial charge in [0.05, 0.1) is 17.6 Å². The summed E-state index contributed by atoms with van der Waals surface area (Å²) in [6.07, 6.45) is 3.41. The number of anilines is 1. The minimum Gasteiger partial charge on any atom is -0.326 e. The van der Waals surface area contributed by atoms with Crippen LogP contribution in [0, 0.1) is 11.6 Å². The van der Waals surface area contributed by atoms with E-state index >= 15 is 0 Å². The average Bonchev–Trinajstić information content (AvgIpc) is 2.70. The van der Waals surface area contributed by atoms with E-state index < -0.39 is 0 Å². The second-order valence-corrected chi connectivity index (χ2v) is 6.30. The number of fused-ring (bicyclic) bond motifs is 1. The first-order valence-electron chi connectivity index (χ1n) is 8.63. The zero-order chi connectivity index (χ0) is 19.5. The molecule has 6 heteroatoms. The van der Waals surface area contributed by atoms with Gasteiger partial charge in [0.1, 0.15) is 11.6 Å². The molecular formula is C22H15F2N3O. The van der Waals surface area contributed by atoms with Crippen molar-refractivity contribution in [3.05, 3.63) is 90.3 Å². The molecule has 0 saturated carbocycles. The summed E-state index contributed by atoms with van der Waals surface area (Å²) in [4.78, 5) is 20.8. The van der Waals surface area contributed by atoms with Crippen molar-refractivity contribution in [2.45, 2.75) is 6.42 Å². The molecule has 0 aliphatic heterocycles. The highest BCUT2D eigenvalue weighted by Crippen LogP contribution is 2.26. The number of rotatable bonds is 4. The fraction of sp³-hybridized carbons (Fsp3) is 0.0455. The SMILES string of the molecule is O=C(Cc1ccc(-c2ccnc3ccc(F)cc23)nc1)Nc1ccc(F)cc1. The lowest BCUT2D eigenvalue weighted by molar-refractivity contribution is -0.115. The van der Waals surface area contributed by atoms with Crippen molar-refractivity contribution in [1.29, 1.82) is 0 Å². The molecule has 0 aliphatic rings. The van der Waals surface area contributed by atoms with E-state index in [0.717, 1.165) is 11.1 Å². The Morgan fingerprint density at radius 2 is 1.68 bits per heavy atom. The summed E-state index contributed by atoms with van der Waals surface area (Å²) in [6.45, 7) is 0. The van der Waals surface area contributed by atoms with Gasteiger partial charge in [-0.3, -0.25) is 14.8 Å². The predicted octanol–water partition coefficient (Wildman–Crippen LogP) is 4.76. The Labute approximate surface area is 159 Å². The Hall–Kier alpha value is -3.67. The Bertz CT molecular complexity index is 1140. The van der Waals surface area contributed by atoms with Gasteiger partial charge in [-0.05, 0) is 60.2 Å². The highest BCUT2D eigenvalue weighted by molar-refractivity contribution is 5.94. The van der Waals surface area contributed by atoms with Crippen LogP contribution in [0.15, 0.2) is 73.1 Å². The molecule has 0 radical (unpaired) electrons. The number of nitrogens with one attached hydrogen (secondary N) is 1. The first kappa shape index (κ1) is 17.7. The van der Waals surface area contributed by atoms with Gasteiger partial charge in [-0.1, -0.05) is 6.07 Å². The number of hydrogen-bond donors (Lipinski definition) is 1. The fourth-order valence-electron chi connectivity index (χ4n) is 2.95. The summed E-state index contributed by atoms with van der Waals surface area (Å²) in [6, 6.07) is 15.4. The maximum atomic E-state index is 13.6. The van der Waals surface area contributed by atoms with Gasteiger partial charge in [0, 0.05) is 29.0 Å². The molecule has 1 N–H and O–H groups in total. The molecule has 0 bridgehead atoms. The summed E-state index contributed by atoms with van der Waals surface area (Å²) in [5.41, 5.74) is 3.38. The van der Waals surface area contributed by atoms with Gasteiger partial charge >= 0.3 is 0 Å². The van der Waals surface area contributed by atoms with Crippen LogP contribution in [0.2, 0.25) is 0 Å². The Balaban J connectivity index is 1.52. The van der Waals surface area contributed by atoms with Gasteiger partial charge in [0.2, 0.25) is 5.91 Å². The van der Waals surface area contributed by atoms with Crippen LogP contribution in [0.1, 0.15) is 5.56 Å². The molecule has 0 aliphatic carbocycles. The highest BCUT2D eigenvalue weighted by atomic mass is 19.1. The molecule has 4 aromatic rings. The smallest absolute Gasteiger partial charge is 0.228 e. The van der Waals surface area contributed by atoms with Gasteiger partial charge in [-0.15, -0.1) is 0 Å². The van der Waals surface area contributed by atoms with Crippen molar-refractivity contribution in [2.75, 3.05) is 5.32 Å². The third-order valence-corrected chi connectivity index (χ3v) is 4.30. The molecule has 138 valence electrons. The summed E-state index contributed by atoms with van der Waals surface area (Å²) in [7, 11) is 0. The number of carbonyl (C=O) groups excluding carboxylic acids is 1. The van der Waals surface area contributed by atoms with Gasteiger partial charge in [0.25, 0.3) is 0 Å². The second kappa shape index (κ2) is 7.52. The first-order chi connectivity index (χ1) is 13.6. The molecule has 0 unspecified atom stereocenters. The van der Waals surface area contributed by atoms with Gasteiger partial charge in [-0.25, -0.2) is 8.78 Å². The van der Waals surface area contributed by atoms with Crippen LogP contribution in [-0.2, 0) is 11.2 Å². The van der Waals surface area contributed by atoms with E-state index in [1.165, 1.54) is 36.4 Å². The molecule has 2 heterocycles. The quantitative estimate of drug-likeness (QED) is 0.560. The van der Waals surface area contributed by atoms with Crippen LogP contribution in [0.25, 0.3) is 22.2 Å². The fourth-order valence-corrected chi connectivity index (χ4v) is 2.95. The van der Waals surface area contributed by atoms with Crippen LogP contribution in [0.5, 0.6) is 0 Å². The molecule has 28 heavy (non-hydrogen) atoms. The van der Waals surface area contributed by atoms with E-state index in [-0.39, 0.29) is 24.0 Å². The number of halogens is 2. The van der Waals surface area contributed by atoms with Crippen molar-refractivity contribution in [3.8, 4) is 11.3 Å². The minimum atomic E-state index is -0.360. The number of carbonyl (C=O) groups is 1. The molecule has 0 fully saturated rings. The third kappa shape index (κ3) is 3.86. The van der Waals surface area contributed by atoms with Crippen molar-refractivity contribution in [1.82, 2.24) is 9.97 Å². The number of benzene rings is 2. The van der Waals surface area contributed by atoms with E-state index in [1.54, 1.807) is 36.7 Å². The van der Waals surface area contributed by atoms with Crippen molar-refractivity contribution < 1.29 is 13.6 Å². The lowest BCUT2D eigenvalue weighted by Crippen LogP contribution is -2.14. The summed E-state index contributed by atoms with van der Waals surface area (Å²) < 4.78 is 26.6. The van der Waals surface area contributed by atoms with E-state index in [0.29, 0.717) is 22.3 Å². The van der Waals surface area contributed by atoms with Crippen LogP contribution in [0.3, 0.4) is 0 Å².